The van der Waals surface area contributed by atoms with Gasteiger partial charge in [0.15, 0.2) is 5.96 Å². The molecule has 0 aromatic heterocycles. The molecule has 0 aliphatic rings. The molecule has 0 spiro atoms. The maximum Gasteiger partial charge on any atom is 0.226 e. The summed E-state index contributed by atoms with van der Waals surface area (Å²) in [6, 6.07) is 5.73. The van der Waals surface area contributed by atoms with Gasteiger partial charge in [0.2, 0.25) is 5.91 Å². The van der Waals surface area contributed by atoms with E-state index in [4.69, 9.17) is 6.42 Å². The van der Waals surface area contributed by atoms with Crippen LogP contribution in [0, 0.1) is 19.3 Å². The van der Waals surface area contributed by atoms with E-state index in [0.717, 1.165) is 22.3 Å². The van der Waals surface area contributed by atoms with Crippen LogP contribution in [0.15, 0.2) is 27.7 Å². The summed E-state index contributed by atoms with van der Waals surface area (Å²) < 4.78 is 0.988. The Balaban J connectivity index is 0.00000484. The van der Waals surface area contributed by atoms with E-state index in [1.807, 2.05) is 32.0 Å². The molecule has 1 aromatic carbocycles. The molecule has 0 fully saturated rings. The van der Waals surface area contributed by atoms with Crippen molar-refractivity contribution in [1.29, 1.82) is 0 Å². The van der Waals surface area contributed by atoms with Gasteiger partial charge in [-0.1, -0.05) is 21.9 Å². The molecular formula is C16H22BrIN4O. The molecule has 0 saturated heterocycles. The average molecular weight is 493 g/mol. The van der Waals surface area contributed by atoms with Crippen molar-refractivity contribution in [2.24, 2.45) is 4.99 Å². The number of nitrogens with one attached hydrogen (secondary N) is 3. The van der Waals surface area contributed by atoms with Gasteiger partial charge in [-0.05, 0) is 37.6 Å². The molecule has 5 nitrogen and oxygen atoms in total. The van der Waals surface area contributed by atoms with Crippen molar-refractivity contribution in [2.75, 3.05) is 25.0 Å². The van der Waals surface area contributed by atoms with Crippen molar-refractivity contribution < 1.29 is 4.79 Å². The smallest absolute Gasteiger partial charge is 0.226 e. The summed E-state index contributed by atoms with van der Waals surface area (Å²) in [4.78, 5) is 16.2. The predicted octanol–water partition coefficient (Wildman–Crippen LogP) is 2.89. The van der Waals surface area contributed by atoms with Gasteiger partial charge in [-0.25, -0.2) is 0 Å². The monoisotopic (exact) mass is 492 g/mol. The summed E-state index contributed by atoms with van der Waals surface area (Å²) in [5.74, 6) is 3.04. The van der Waals surface area contributed by atoms with Crippen molar-refractivity contribution in [1.82, 2.24) is 10.6 Å². The molecule has 1 amide bonds. The lowest BCUT2D eigenvalue weighted by Crippen LogP contribution is -2.37. The summed E-state index contributed by atoms with van der Waals surface area (Å²) in [5, 5.41) is 8.92. The van der Waals surface area contributed by atoms with Gasteiger partial charge in [0.05, 0.1) is 13.1 Å². The zero-order valence-electron chi connectivity index (χ0n) is 13.3. The third kappa shape index (κ3) is 8.81. The average Bonchev–Trinajstić information content (AvgIpc) is 2.47. The number of aryl methyl sites for hydroxylation is 1. The third-order valence-electron chi connectivity index (χ3n) is 2.77. The molecular weight excluding hydrogens is 471 g/mol. The van der Waals surface area contributed by atoms with Gasteiger partial charge in [0, 0.05) is 23.1 Å². The van der Waals surface area contributed by atoms with Crippen LogP contribution in [-0.4, -0.2) is 31.5 Å². The molecule has 1 rings (SSSR count). The van der Waals surface area contributed by atoms with Crippen LogP contribution in [0.3, 0.4) is 0 Å². The fourth-order valence-electron chi connectivity index (χ4n) is 1.73. The molecule has 126 valence electrons. The largest absolute Gasteiger partial charge is 0.357 e. The van der Waals surface area contributed by atoms with E-state index < -0.39 is 0 Å². The van der Waals surface area contributed by atoms with Crippen LogP contribution in [-0.2, 0) is 4.79 Å². The van der Waals surface area contributed by atoms with Crippen LogP contribution in [0.2, 0.25) is 0 Å². The van der Waals surface area contributed by atoms with Gasteiger partial charge in [0.1, 0.15) is 0 Å². The van der Waals surface area contributed by atoms with Crippen LogP contribution in [0.25, 0.3) is 0 Å². The highest BCUT2D eigenvalue weighted by atomic mass is 127. The molecule has 0 atom stereocenters. The number of carbonyl (C=O) groups excluding carboxylic acids is 1. The Kier molecular flexibility index (Phi) is 11.5. The number of terminal acetylenes is 1. The lowest BCUT2D eigenvalue weighted by molar-refractivity contribution is -0.116. The van der Waals surface area contributed by atoms with Crippen molar-refractivity contribution >= 4 is 57.5 Å². The number of guanidine groups is 1. The zero-order chi connectivity index (χ0) is 16.4. The number of carbonyl (C=O) groups is 1. The van der Waals surface area contributed by atoms with Gasteiger partial charge in [-0.2, -0.15) is 0 Å². The first-order chi connectivity index (χ1) is 10.6. The summed E-state index contributed by atoms with van der Waals surface area (Å²) in [7, 11) is 0. The molecule has 0 heterocycles. The maximum atomic E-state index is 11.9. The van der Waals surface area contributed by atoms with Crippen molar-refractivity contribution in [2.45, 2.75) is 20.3 Å². The molecule has 0 bridgehead atoms. The number of halogens is 2. The number of aliphatic imine (C=N–C) groups is 1. The SMILES string of the molecule is C#CCNC(=NCCC(=O)Nc1ccc(Br)cc1C)NCC.I. The highest BCUT2D eigenvalue weighted by molar-refractivity contribution is 14.0. The number of benzene rings is 1. The minimum Gasteiger partial charge on any atom is -0.357 e. The van der Waals surface area contributed by atoms with Gasteiger partial charge in [0.25, 0.3) is 0 Å². The van der Waals surface area contributed by atoms with E-state index >= 15 is 0 Å². The van der Waals surface area contributed by atoms with Gasteiger partial charge >= 0.3 is 0 Å². The van der Waals surface area contributed by atoms with Crippen LogP contribution >= 0.6 is 39.9 Å². The second-order valence-corrected chi connectivity index (χ2v) is 5.49. The lowest BCUT2D eigenvalue weighted by atomic mass is 10.2. The molecule has 0 saturated carbocycles. The summed E-state index contributed by atoms with van der Waals surface area (Å²) in [6.07, 6.45) is 5.51. The maximum absolute atomic E-state index is 11.9. The Hall–Kier alpha value is -1.27. The topological polar surface area (TPSA) is 65.5 Å². The normalized spacial score (nSPS) is 10.3. The highest BCUT2D eigenvalue weighted by Crippen LogP contribution is 2.20. The molecule has 7 heteroatoms. The Morgan fingerprint density at radius 2 is 2.13 bits per heavy atom. The summed E-state index contributed by atoms with van der Waals surface area (Å²) in [6.45, 7) is 5.44. The standard InChI is InChI=1S/C16H21BrN4O.HI/c1-4-9-19-16(18-5-2)20-10-8-15(22)21-14-7-6-13(17)11-12(14)3;/h1,6-7,11H,5,8-10H2,2-3H3,(H,21,22)(H2,18,19,20);1H. The summed E-state index contributed by atoms with van der Waals surface area (Å²) in [5.41, 5.74) is 1.82. The predicted molar refractivity (Wildman–Crippen MR) is 110 cm³/mol. The summed E-state index contributed by atoms with van der Waals surface area (Å²) >= 11 is 3.40. The Morgan fingerprint density at radius 1 is 1.39 bits per heavy atom. The van der Waals surface area contributed by atoms with E-state index in [9.17, 15) is 4.79 Å². The van der Waals surface area contributed by atoms with Crippen LogP contribution in [0.4, 0.5) is 5.69 Å². The molecule has 1 aromatic rings. The van der Waals surface area contributed by atoms with Crippen molar-refractivity contribution in [3.05, 3.63) is 28.2 Å². The van der Waals surface area contributed by atoms with E-state index in [-0.39, 0.29) is 29.9 Å². The van der Waals surface area contributed by atoms with Gasteiger partial charge in [-0.3, -0.25) is 9.79 Å². The van der Waals surface area contributed by atoms with Crippen molar-refractivity contribution in [3.63, 3.8) is 0 Å². The highest BCUT2D eigenvalue weighted by Gasteiger charge is 2.05. The van der Waals surface area contributed by atoms with Gasteiger partial charge in [-0.15, -0.1) is 30.4 Å². The fraction of sp³-hybridized carbons (Fsp3) is 0.375. The first-order valence-corrected chi connectivity index (χ1v) is 7.87. The quantitative estimate of drug-likeness (QED) is 0.247. The second-order valence-electron chi connectivity index (χ2n) is 4.58. The Labute approximate surface area is 163 Å². The Morgan fingerprint density at radius 3 is 2.74 bits per heavy atom. The molecule has 0 unspecified atom stereocenters. The minimum atomic E-state index is -0.0676. The number of amides is 1. The number of hydrogen-bond donors (Lipinski definition) is 3. The van der Waals surface area contributed by atoms with Crippen LogP contribution in [0.5, 0.6) is 0 Å². The molecule has 0 aliphatic carbocycles. The van der Waals surface area contributed by atoms with Crippen LogP contribution in [0.1, 0.15) is 18.9 Å². The van der Waals surface area contributed by atoms with E-state index in [1.165, 1.54) is 0 Å². The van der Waals surface area contributed by atoms with Crippen molar-refractivity contribution in [3.8, 4) is 12.3 Å². The third-order valence-corrected chi connectivity index (χ3v) is 3.27. The number of anilines is 1. The van der Waals surface area contributed by atoms with Crippen LogP contribution < -0.4 is 16.0 Å². The Bertz CT molecular complexity index is 584. The van der Waals surface area contributed by atoms with E-state index in [2.05, 4.69) is 42.8 Å². The first-order valence-electron chi connectivity index (χ1n) is 7.08. The van der Waals surface area contributed by atoms with E-state index in [0.29, 0.717) is 25.5 Å². The second kappa shape index (κ2) is 12.2. The zero-order valence-corrected chi connectivity index (χ0v) is 17.2. The molecule has 0 aliphatic heterocycles. The molecule has 3 N–H and O–H groups in total. The number of hydrogen-bond acceptors (Lipinski definition) is 2. The molecule has 0 radical (unpaired) electrons. The van der Waals surface area contributed by atoms with Gasteiger partial charge < -0.3 is 16.0 Å². The van der Waals surface area contributed by atoms with E-state index in [1.54, 1.807) is 0 Å². The first kappa shape index (κ1) is 21.7. The lowest BCUT2D eigenvalue weighted by Gasteiger charge is -2.10. The molecule has 23 heavy (non-hydrogen) atoms. The number of nitrogens with zero attached hydrogens (tertiary/aromatic N) is 1. The minimum absolute atomic E-state index is 0. The fourth-order valence-corrected chi connectivity index (χ4v) is 2.20. The number of rotatable bonds is 6.